The van der Waals surface area contributed by atoms with Gasteiger partial charge < -0.3 is 15.2 Å². The van der Waals surface area contributed by atoms with Gasteiger partial charge in [-0.1, -0.05) is 0 Å². The molecule has 1 aliphatic heterocycles. The van der Waals surface area contributed by atoms with Crippen LogP contribution in [0.15, 0.2) is 16.9 Å². The number of nitrogens with one attached hydrogen (secondary N) is 1. The zero-order valence-electron chi connectivity index (χ0n) is 16.9. The molecule has 0 amide bonds. The summed E-state index contributed by atoms with van der Waals surface area (Å²) in [5.74, 6) is -0.133. The van der Waals surface area contributed by atoms with Gasteiger partial charge >= 0.3 is 0 Å². The van der Waals surface area contributed by atoms with Crippen LogP contribution in [0.5, 0.6) is 0 Å². The van der Waals surface area contributed by atoms with E-state index in [1.54, 1.807) is 4.57 Å². The molecule has 2 heterocycles. The van der Waals surface area contributed by atoms with Crippen LogP contribution in [-0.2, 0) is 10.0 Å². The molecule has 0 radical (unpaired) electrons. The minimum absolute atomic E-state index is 0.0269. The highest BCUT2D eigenvalue weighted by Crippen LogP contribution is 2.41. The number of nitrogens with zero attached hydrogens (tertiary/aromatic N) is 2. The van der Waals surface area contributed by atoms with Crippen LogP contribution in [0.25, 0.3) is 10.9 Å². The van der Waals surface area contributed by atoms with Gasteiger partial charge in [-0.3, -0.25) is 9.52 Å². The number of nitrogens with two attached hydrogens (primary N) is 1. The first-order chi connectivity index (χ1) is 13.6. The molecule has 1 aliphatic carbocycles. The summed E-state index contributed by atoms with van der Waals surface area (Å²) in [4.78, 5) is 14.8. The highest BCUT2D eigenvalue weighted by atomic mass is 32.2. The van der Waals surface area contributed by atoms with Crippen LogP contribution in [0, 0.1) is 18.7 Å². The number of hydrogen-bond acceptors (Lipinski definition) is 5. The number of rotatable bonds is 5. The van der Waals surface area contributed by atoms with E-state index >= 15 is 4.39 Å². The second-order valence-corrected chi connectivity index (χ2v) is 10.2. The fourth-order valence-corrected chi connectivity index (χ4v) is 5.01. The first-order valence-corrected chi connectivity index (χ1v) is 11.8. The maximum Gasteiger partial charge on any atom is 0.253 e. The molecule has 7 nitrogen and oxygen atoms in total. The van der Waals surface area contributed by atoms with Crippen LogP contribution in [0.2, 0.25) is 0 Å². The van der Waals surface area contributed by atoms with Crippen LogP contribution in [-0.4, -0.2) is 38.4 Å². The SMILES string of the molecule is Cc1c(N2CCC([C@H](C)N)C2)c(F)cc2c(NS(C)(=O)=O)cc(=O)n(C3CC3)c12. The Bertz CT molecular complexity index is 1140. The molecule has 1 saturated carbocycles. The van der Waals surface area contributed by atoms with Crippen molar-refractivity contribution in [3.05, 3.63) is 33.9 Å². The molecule has 1 saturated heterocycles. The molecule has 29 heavy (non-hydrogen) atoms. The zero-order chi connectivity index (χ0) is 21.1. The summed E-state index contributed by atoms with van der Waals surface area (Å²) in [6.07, 6.45) is 3.67. The van der Waals surface area contributed by atoms with Crippen LogP contribution < -0.4 is 20.9 Å². The van der Waals surface area contributed by atoms with Gasteiger partial charge in [-0.05, 0) is 50.7 Å². The summed E-state index contributed by atoms with van der Waals surface area (Å²) < 4.78 is 43.0. The monoisotopic (exact) mass is 422 g/mol. The molecule has 0 bridgehead atoms. The number of anilines is 2. The summed E-state index contributed by atoms with van der Waals surface area (Å²) in [7, 11) is -3.62. The Morgan fingerprint density at radius 3 is 2.52 bits per heavy atom. The van der Waals surface area contributed by atoms with Gasteiger partial charge in [0.2, 0.25) is 10.0 Å². The Hall–Kier alpha value is -2.13. The van der Waals surface area contributed by atoms with E-state index in [0.717, 1.165) is 25.5 Å². The number of benzene rings is 1. The third-order valence-electron chi connectivity index (χ3n) is 5.99. The molecule has 2 aromatic rings. The van der Waals surface area contributed by atoms with Gasteiger partial charge in [0, 0.05) is 36.6 Å². The number of halogens is 1. The number of pyridine rings is 1. The lowest BCUT2D eigenvalue weighted by atomic mass is 10.0. The van der Waals surface area contributed by atoms with Crippen molar-refractivity contribution in [1.82, 2.24) is 4.57 Å². The van der Waals surface area contributed by atoms with Crippen molar-refractivity contribution in [2.75, 3.05) is 29.0 Å². The van der Waals surface area contributed by atoms with Crippen LogP contribution in [0.3, 0.4) is 0 Å². The fourth-order valence-electron chi connectivity index (χ4n) is 4.44. The maximum atomic E-state index is 15.3. The maximum absolute atomic E-state index is 15.3. The van der Waals surface area contributed by atoms with Gasteiger partial charge in [0.15, 0.2) is 0 Å². The quantitative estimate of drug-likeness (QED) is 0.771. The molecule has 2 atom stereocenters. The van der Waals surface area contributed by atoms with Crippen molar-refractivity contribution in [3.63, 3.8) is 0 Å². The minimum atomic E-state index is -3.62. The van der Waals surface area contributed by atoms with E-state index < -0.39 is 15.8 Å². The van der Waals surface area contributed by atoms with E-state index in [2.05, 4.69) is 4.72 Å². The molecule has 9 heteroatoms. The largest absolute Gasteiger partial charge is 0.369 e. The van der Waals surface area contributed by atoms with E-state index in [9.17, 15) is 13.2 Å². The van der Waals surface area contributed by atoms with Gasteiger partial charge in [0.05, 0.1) is 23.1 Å². The Labute approximate surface area is 169 Å². The van der Waals surface area contributed by atoms with Gasteiger partial charge in [-0.25, -0.2) is 12.8 Å². The van der Waals surface area contributed by atoms with E-state index in [4.69, 9.17) is 5.73 Å². The third kappa shape index (κ3) is 3.73. The molecular weight excluding hydrogens is 395 g/mol. The summed E-state index contributed by atoms with van der Waals surface area (Å²) in [6.45, 7) is 5.13. The highest BCUT2D eigenvalue weighted by molar-refractivity contribution is 7.92. The summed E-state index contributed by atoms with van der Waals surface area (Å²) in [5, 5.41) is 0.406. The molecule has 2 fully saturated rings. The van der Waals surface area contributed by atoms with E-state index in [1.807, 2.05) is 18.7 Å². The average molecular weight is 423 g/mol. The lowest BCUT2D eigenvalue weighted by Gasteiger charge is -2.25. The van der Waals surface area contributed by atoms with Crippen LogP contribution in [0.4, 0.5) is 15.8 Å². The molecule has 1 aromatic carbocycles. The standard InChI is InChI=1S/C20H27FN4O3S/c1-11-19-15(8-16(21)20(11)24-7-6-13(10-24)12(2)22)17(23-29(3,27)28)9-18(26)25(19)14-4-5-14/h8-9,12-14,23H,4-7,10,22H2,1-3H3/t12-,13?/m0/s1. The Morgan fingerprint density at radius 2 is 1.97 bits per heavy atom. The number of sulfonamides is 1. The number of aryl methyl sites for hydroxylation is 1. The molecule has 1 unspecified atom stereocenters. The summed E-state index contributed by atoms with van der Waals surface area (Å²) in [6, 6.07) is 2.70. The second kappa shape index (κ2) is 6.98. The van der Waals surface area contributed by atoms with Crippen molar-refractivity contribution >= 4 is 32.3 Å². The van der Waals surface area contributed by atoms with Crippen molar-refractivity contribution in [1.29, 1.82) is 0 Å². The topological polar surface area (TPSA) is 97.4 Å². The van der Waals surface area contributed by atoms with Crippen molar-refractivity contribution in [2.45, 2.75) is 45.2 Å². The zero-order valence-corrected chi connectivity index (χ0v) is 17.7. The van der Waals surface area contributed by atoms with E-state index in [-0.39, 0.29) is 29.2 Å². The predicted molar refractivity (Wildman–Crippen MR) is 114 cm³/mol. The summed E-state index contributed by atoms with van der Waals surface area (Å²) in [5.41, 5.74) is 7.63. The normalized spacial score (nSPS) is 21.0. The average Bonchev–Trinajstić information content (AvgIpc) is 3.31. The van der Waals surface area contributed by atoms with E-state index in [0.29, 0.717) is 35.2 Å². The van der Waals surface area contributed by atoms with Gasteiger partial charge in [0.1, 0.15) is 5.82 Å². The molecule has 0 spiro atoms. The van der Waals surface area contributed by atoms with Gasteiger partial charge in [-0.15, -0.1) is 0 Å². The molecule has 2 aliphatic rings. The Morgan fingerprint density at radius 1 is 1.28 bits per heavy atom. The van der Waals surface area contributed by atoms with Crippen molar-refractivity contribution < 1.29 is 12.8 Å². The van der Waals surface area contributed by atoms with E-state index in [1.165, 1.54) is 12.1 Å². The minimum Gasteiger partial charge on any atom is -0.369 e. The Balaban J connectivity index is 1.95. The molecule has 3 N–H and O–H groups in total. The summed E-state index contributed by atoms with van der Waals surface area (Å²) >= 11 is 0. The lowest BCUT2D eigenvalue weighted by Crippen LogP contribution is -2.30. The van der Waals surface area contributed by atoms with Crippen molar-refractivity contribution in [3.8, 4) is 0 Å². The van der Waals surface area contributed by atoms with Gasteiger partial charge in [-0.2, -0.15) is 0 Å². The third-order valence-corrected chi connectivity index (χ3v) is 6.58. The smallest absolute Gasteiger partial charge is 0.253 e. The van der Waals surface area contributed by atoms with Crippen LogP contribution >= 0.6 is 0 Å². The number of hydrogen-bond donors (Lipinski definition) is 2. The highest BCUT2D eigenvalue weighted by Gasteiger charge is 2.32. The lowest BCUT2D eigenvalue weighted by molar-refractivity contribution is 0.487. The molecule has 1 aromatic heterocycles. The molecule has 4 rings (SSSR count). The molecule has 158 valence electrons. The number of aromatic nitrogens is 1. The number of fused-ring (bicyclic) bond motifs is 1. The van der Waals surface area contributed by atoms with Crippen LogP contribution in [0.1, 0.15) is 37.8 Å². The first kappa shape index (κ1) is 20.2. The predicted octanol–water partition coefficient (Wildman–Crippen LogP) is 2.33. The Kier molecular flexibility index (Phi) is 4.85. The molecular formula is C20H27FN4O3S. The first-order valence-electron chi connectivity index (χ1n) is 9.93. The van der Waals surface area contributed by atoms with Gasteiger partial charge in [0.25, 0.3) is 5.56 Å². The van der Waals surface area contributed by atoms with Crippen molar-refractivity contribution in [2.24, 2.45) is 11.7 Å². The fraction of sp³-hybridized carbons (Fsp3) is 0.550. The second-order valence-electron chi connectivity index (χ2n) is 8.45.